The first-order chi connectivity index (χ1) is 8.43. The highest BCUT2D eigenvalue weighted by molar-refractivity contribution is 5.73. The van der Waals surface area contributed by atoms with Crippen LogP contribution in [0.15, 0.2) is 30.5 Å². The van der Waals surface area contributed by atoms with Gasteiger partial charge in [0.25, 0.3) is 0 Å². The van der Waals surface area contributed by atoms with E-state index in [1.165, 1.54) is 0 Å². The number of hydrogen-bond donors (Lipinski definition) is 1. The molecule has 0 bridgehead atoms. The molecule has 0 aliphatic carbocycles. The van der Waals surface area contributed by atoms with Gasteiger partial charge in [0.2, 0.25) is 0 Å². The van der Waals surface area contributed by atoms with E-state index in [1.54, 1.807) is 13.3 Å². The van der Waals surface area contributed by atoms with E-state index in [1.807, 2.05) is 28.9 Å². The summed E-state index contributed by atoms with van der Waals surface area (Å²) in [5.41, 5.74) is 8.60. The standard InChI is InChI=1S/C14H19N3O/c1-14(2,3)17-13(12(15)9-16-17)10-5-7-11(18-4)8-6-10/h5-9H,15H2,1-4H3. The molecule has 2 aromatic rings. The maximum Gasteiger partial charge on any atom is 0.118 e. The number of benzene rings is 1. The van der Waals surface area contributed by atoms with Crippen molar-refractivity contribution in [1.29, 1.82) is 0 Å². The Hall–Kier alpha value is -1.97. The van der Waals surface area contributed by atoms with E-state index < -0.39 is 0 Å². The summed E-state index contributed by atoms with van der Waals surface area (Å²) >= 11 is 0. The molecule has 0 saturated heterocycles. The van der Waals surface area contributed by atoms with Gasteiger partial charge in [0, 0.05) is 5.56 Å². The molecule has 0 fully saturated rings. The molecule has 1 heterocycles. The molecule has 0 atom stereocenters. The fraction of sp³-hybridized carbons (Fsp3) is 0.357. The first-order valence-corrected chi connectivity index (χ1v) is 5.92. The molecule has 0 aliphatic rings. The topological polar surface area (TPSA) is 53.1 Å². The molecular formula is C14H19N3O. The lowest BCUT2D eigenvalue weighted by atomic mass is 10.1. The van der Waals surface area contributed by atoms with Gasteiger partial charge in [-0.25, -0.2) is 0 Å². The van der Waals surface area contributed by atoms with Gasteiger partial charge in [-0.2, -0.15) is 5.10 Å². The third-order valence-electron chi connectivity index (χ3n) is 2.80. The van der Waals surface area contributed by atoms with Crippen LogP contribution >= 0.6 is 0 Å². The predicted molar refractivity (Wildman–Crippen MR) is 73.6 cm³/mol. The summed E-state index contributed by atoms with van der Waals surface area (Å²) in [6.07, 6.45) is 1.70. The minimum absolute atomic E-state index is 0.104. The first kappa shape index (κ1) is 12.5. The minimum atomic E-state index is -0.104. The highest BCUT2D eigenvalue weighted by Crippen LogP contribution is 2.31. The molecular weight excluding hydrogens is 226 g/mol. The van der Waals surface area contributed by atoms with Gasteiger partial charge in [0.1, 0.15) is 5.75 Å². The SMILES string of the molecule is COc1ccc(-c2c(N)cnn2C(C)(C)C)cc1. The normalized spacial score (nSPS) is 11.6. The average Bonchev–Trinajstić information content (AvgIpc) is 2.71. The summed E-state index contributed by atoms with van der Waals surface area (Å²) in [6, 6.07) is 7.84. The lowest BCUT2D eigenvalue weighted by Crippen LogP contribution is -2.24. The zero-order valence-electron chi connectivity index (χ0n) is 11.3. The number of nitrogen functional groups attached to an aromatic ring is 1. The monoisotopic (exact) mass is 245 g/mol. The average molecular weight is 245 g/mol. The quantitative estimate of drug-likeness (QED) is 0.885. The third-order valence-corrected chi connectivity index (χ3v) is 2.80. The molecule has 1 aromatic carbocycles. The highest BCUT2D eigenvalue weighted by atomic mass is 16.5. The summed E-state index contributed by atoms with van der Waals surface area (Å²) in [4.78, 5) is 0. The van der Waals surface area contributed by atoms with Crippen molar-refractivity contribution in [3.63, 3.8) is 0 Å². The summed E-state index contributed by atoms with van der Waals surface area (Å²) in [7, 11) is 1.66. The van der Waals surface area contributed by atoms with Crippen molar-refractivity contribution < 1.29 is 4.74 Å². The van der Waals surface area contributed by atoms with Crippen LogP contribution in [0.5, 0.6) is 5.75 Å². The fourth-order valence-corrected chi connectivity index (χ4v) is 1.91. The first-order valence-electron chi connectivity index (χ1n) is 5.92. The number of rotatable bonds is 2. The Morgan fingerprint density at radius 2 is 1.78 bits per heavy atom. The Morgan fingerprint density at radius 3 is 2.28 bits per heavy atom. The third kappa shape index (κ3) is 2.18. The zero-order valence-corrected chi connectivity index (χ0v) is 11.3. The molecule has 0 spiro atoms. The van der Waals surface area contributed by atoms with Gasteiger partial charge in [-0.15, -0.1) is 0 Å². The Labute approximate surface area is 107 Å². The molecule has 18 heavy (non-hydrogen) atoms. The van der Waals surface area contributed by atoms with Crippen molar-refractivity contribution in [1.82, 2.24) is 9.78 Å². The maximum atomic E-state index is 6.03. The minimum Gasteiger partial charge on any atom is -0.497 e. The summed E-state index contributed by atoms with van der Waals surface area (Å²) in [5.74, 6) is 0.833. The molecule has 2 rings (SSSR count). The second kappa shape index (κ2) is 4.37. The van der Waals surface area contributed by atoms with Crippen molar-refractivity contribution in [3.05, 3.63) is 30.5 Å². The van der Waals surface area contributed by atoms with E-state index in [2.05, 4.69) is 25.9 Å². The van der Waals surface area contributed by atoms with Crippen LogP contribution < -0.4 is 10.5 Å². The van der Waals surface area contributed by atoms with E-state index >= 15 is 0 Å². The zero-order chi connectivity index (χ0) is 13.3. The fourth-order valence-electron chi connectivity index (χ4n) is 1.91. The van der Waals surface area contributed by atoms with Crippen LogP contribution in [0, 0.1) is 0 Å². The van der Waals surface area contributed by atoms with Crippen molar-refractivity contribution in [2.24, 2.45) is 0 Å². The van der Waals surface area contributed by atoms with Crippen LogP contribution in [0.2, 0.25) is 0 Å². The predicted octanol–water partition coefficient (Wildman–Crippen LogP) is 2.90. The van der Waals surface area contributed by atoms with Crippen LogP contribution in [0.25, 0.3) is 11.3 Å². The largest absolute Gasteiger partial charge is 0.497 e. The van der Waals surface area contributed by atoms with E-state index in [9.17, 15) is 0 Å². The van der Waals surface area contributed by atoms with Crippen LogP contribution in [-0.4, -0.2) is 16.9 Å². The summed E-state index contributed by atoms with van der Waals surface area (Å²) in [6.45, 7) is 6.31. The Bertz CT molecular complexity index is 535. The summed E-state index contributed by atoms with van der Waals surface area (Å²) < 4.78 is 7.11. The van der Waals surface area contributed by atoms with Crippen molar-refractivity contribution >= 4 is 5.69 Å². The smallest absolute Gasteiger partial charge is 0.118 e. The van der Waals surface area contributed by atoms with Crippen LogP contribution in [0.3, 0.4) is 0 Å². The molecule has 2 N–H and O–H groups in total. The molecule has 4 heteroatoms. The molecule has 0 unspecified atom stereocenters. The lowest BCUT2D eigenvalue weighted by molar-refractivity contribution is 0.360. The van der Waals surface area contributed by atoms with Gasteiger partial charge in [-0.3, -0.25) is 4.68 Å². The molecule has 0 aliphatic heterocycles. The summed E-state index contributed by atoms with van der Waals surface area (Å²) in [5, 5.41) is 4.37. The number of aromatic nitrogens is 2. The van der Waals surface area contributed by atoms with Gasteiger partial charge in [-0.05, 0) is 45.0 Å². The number of methoxy groups -OCH3 is 1. The van der Waals surface area contributed by atoms with E-state index in [0.717, 1.165) is 17.0 Å². The van der Waals surface area contributed by atoms with Gasteiger partial charge in [0.05, 0.1) is 30.2 Å². The van der Waals surface area contributed by atoms with Crippen molar-refractivity contribution in [2.45, 2.75) is 26.3 Å². The Morgan fingerprint density at radius 1 is 1.17 bits per heavy atom. The van der Waals surface area contributed by atoms with Crippen molar-refractivity contribution in [3.8, 4) is 17.0 Å². The molecule has 4 nitrogen and oxygen atoms in total. The van der Waals surface area contributed by atoms with Crippen LogP contribution in [0.4, 0.5) is 5.69 Å². The highest BCUT2D eigenvalue weighted by Gasteiger charge is 2.20. The second-order valence-electron chi connectivity index (χ2n) is 5.26. The number of nitrogens with zero attached hydrogens (tertiary/aromatic N) is 2. The van der Waals surface area contributed by atoms with Crippen LogP contribution in [0.1, 0.15) is 20.8 Å². The molecule has 96 valence electrons. The Balaban J connectivity index is 2.52. The molecule has 0 amide bonds. The van der Waals surface area contributed by atoms with Crippen molar-refractivity contribution in [2.75, 3.05) is 12.8 Å². The van der Waals surface area contributed by atoms with Gasteiger partial charge in [0.15, 0.2) is 0 Å². The number of ether oxygens (including phenoxy) is 1. The van der Waals surface area contributed by atoms with Gasteiger partial charge < -0.3 is 10.5 Å². The molecule has 0 saturated carbocycles. The number of anilines is 1. The maximum absolute atomic E-state index is 6.03. The van der Waals surface area contributed by atoms with Crippen LogP contribution in [-0.2, 0) is 5.54 Å². The van der Waals surface area contributed by atoms with E-state index in [0.29, 0.717) is 5.69 Å². The number of hydrogen-bond acceptors (Lipinski definition) is 3. The van der Waals surface area contributed by atoms with Gasteiger partial charge >= 0.3 is 0 Å². The molecule has 1 aromatic heterocycles. The Kier molecular flexibility index (Phi) is 3.03. The second-order valence-corrected chi connectivity index (χ2v) is 5.26. The van der Waals surface area contributed by atoms with Gasteiger partial charge in [-0.1, -0.05) is 0 Å². The lowest BCUT2D eigenvalue weighted by Gasteiger charge is -2.22. The number of nitrogens with two attached hydrogens (primary N) is 1. The molecule has 0 radical (unpaired) electrons. The van der Waals surface area contributed by atoms with E-state index in [4.69, 9.17) is 10.5 Å². The van der Waals surface area contributed by atoms with E-state index in [-0.39, 0.29) is 5.54 Å².